The van der Waals surface area contributed by atoms with E-state index in [2.05, 4.69) is 74.1 Å². The van der Waals surface area contributed by atoms with E-state index in [0.717, 1.165) is 89.0 Å². The third kappa shape index (κ3) is 3.50. The molecule has 5 rings (SSSR count). The molecule has 1 aliphatic heterocycles. The lowest BCUT2D eigenvalue weighted by Gasteiger charge is -2.23. The molecule has 1 aromatic heterocycles. The van der Waals surface area contributed by atoms with Gasteiger partial charge in [-0.15, -0.1) is 0 Å². The van der Waals surface area contributed by atoms with E-state index in [-0.39, 0.29) is 11.5 Å². The number of benzene rings is 2. The number of ketones is 1. The van der Waals surface area contributed by atoms with Crippen molar-refractivity contribution in [1.29, 1.82) is 0 Å². The Bertz CT molecular complexity index is 1460. The number of fused-ring (bicyclic) bond motifs is 2. The number of aliphatic hydroxyl groups is 1. The highest BCUT2D eigenvalue weighted by Gasteiger charge is 2.44. The van der Waals surface area contributed by atoms with Gasteiger partial charge in [-0.3, -0.25) is 4.79 Å². The standard InChI is InChI=1S/C31H34N2O2/c1-6-8-16-32-20(4)26(22-12-10-11-13-24(22)32)28-30(34)29(31(28)35)27-21(5)33(17-9-7-2)25-15-14-19(3)18-23(25)27/h10-15,18H,6-9,16-17H2,1-5H3/p+1. The van der Waals surface area contributed by atoms with Crippen molar-refractivity contribution in [2.45, 2.75) is 66.8 Å². The average Bonchev–Trinajstić information content (AvgIpc) is 3.27. The van der Waals surface area contributed by atoms with E-state index in [4.69, 9.17) is 0 Å². The van der Waals surface area contributed by atoms with Crippen molar-refractivity contribution in [3.05, 3.63) is 76.2 Å². The molecule has 0 bridgehead atoms. The molecule has 2 aromatic carbocycles. The molecule has 35 heavy (non-hydrogen) atoms. The molecule has 0 unspecified atom stereocenters. The topological polar surface area (TPSA) is 45.2 Å². The molecule has 4 nitrogen and oxygen atoms in total. The number of Topliss-reactive ketones (excluding diaryl/α,β-unsaturated/α-hetero) is 1. The van der Waals surface area contributed by atoms with Crippen LogP contribution in [-0.2, 0) is 11.3 Å². The fourth-order valence-electron chi connectivity index (χ4n) is 5.73. The number of unbranched alkanes of at least 4 members (excludes halogenated alkanes) is 2. The van der Waals surface area contributed by atoms with Gasteiger partial charge in [-0.2, -0.15) is 4.58 Å². The number of para-hydroxylation sites is 1. The summed E-state index contributed by atoms with van der Waals surface area (Å²) >= 11 is 0. The van der Waals surface area contributed by atoms with E-state index in [1.807, 2.05) is 12.1 Å². The number of carbonyl (C=O) groups excluding carboxylic acids is 1. The normalized spacial score (nSPS) is 17.6. The molecule has 2 heterocycles. The van der Waals surface area contributed by atoms with Gasteiger partial charge in [0.1, 0.15) is 12.3 Å². The lowest BCUT2D eigenvalue weighted by Crippen LogP contribution is -2.25. The first kappa shape index (κ1) is 23.3. The van der Waals surface area contributed by atoms with Gasteiger partial charge in [0.25, 0.3) is 0 Å². The minimum absolute atomic E-state index is 0.0526. The smallest absolute Gasteiger partial charge is 0.213 e. The maximum absolute atomic E-state index is 13.8. The maximum atomic E-state index is 13.8. The number of hydrogen-bond acceptors (Lipinski definition) is 2. The van der Waals surface area contributed by atoms with Gasteiger partial charge in [0.05, 0.1) is 22.3 Å². The number of hydrogen-bond donors (Lipinski definition) is 1. The minimum Gasteiger partial charge on any atom is -0.506 e. The van der Waals surface area contributed by atoms with Crippen molar-refractivity contribution in [3.8, 4) is 0 Å². The molecule has 1 N–H and O–H groups in total. The first-order chi connectivity index (χ1) is 16.9. The van der Waals surface area contributed by atoms with Gasteiger partial charge in [-0.05, 0) is 32.4 Å². The minimum atomic E-state index is -0.0526. The first-order valence-electron chi connectivity index (χ1n) is 12.9. The molecule has 0 fully saturated rings. The molecule has 1 aliphatic carbocycles. The lowest BCUT2D eigenvalue weighted by molar-refractivity contribution is -0.437. The molecule has 2 aliphatic rings. The van der Waals surface area contributed by atoms with Crippen LogP contribution in [0.3, 0.4) is 0 Å². The number of aliphatic hydroxyl groups excluding tert-OH is 1. The summed E-state index contributed by atoms with van der Waals surface area (Å²) < 4.78 is 4.60. The second-order valence-corrected chi connectivity index (χ2v) is 9.90. The summed E-state index contributed by atoms with van der Waals surface area (Å²) in [6.45, 7) is 12.4. The molecule has 3 aromatic rings. The molecule has 0 atom stereocenters. The van der Waals surface area contributed by atoms with Crippen molar-refractivity contribution in [2.24, 2.45) is 0 Å². The van der Waals surface area contributed by atoms with Crippen LogP contribution in [-0.4, -0.2) is 32.3 Å². The Morgan fingerprint density at radius 1 is 0.914 bits per heavy atom. The van der Waals surface area contributed by atoms with Gasteiger partial charge < -0.3 is 9.67 Å². The molecule has 0 saturated heterocycles. The largest absolute Gasteiger partial charge is 0.506 e. The number of carbonyl (C=O) groups is 1. The summed E-state index contributed by atoms with van der Waals surface area (Å²) in [6, 6.07) is 14.6. The molecule has 0 radical (unpaired) electrons. The van der Waals surface area contributed by atoms with E-state index in [0.29, 0.717) is 11.1 Å². The van der Waals surface area contributed by atoms with Gasteiger partial charge in [0.2, 0.25) is 11.5 Å². The second-order valence-electron chi connectivity index (χ2n) is 9.90. The highest BCUT2D eigenvalue weighted by Crippen LogP contribution is 2.47. The average molecular weight is 468 g/mol. The van der Waals surface area contributed by atoms with Crippen molar-refractivity contribution in [2.75, 3.05) is 6.54 Å². The van der Waals surface area contributed by atoms with Crippen LogP contribution in [0.2, 0.25) is 0 Å². The van der Waals surface area contributed by atoms with E-state index in [1.165, 1.54) is 0 Å². The van der Waals surface area contributed by atoms with E-state index < -0.39 is 0 Å². The zero-order valence-corrected chi connectivity index (χ0v) is 21.5. The third-order valence-electron chi connectivity index (χ3n) is 7.61. The predicted molar refractivity (Wildman–Crippen MR) is 145 cm³/mol. The predicted octanol–water partition coefficient (Wildman–Crippen LogP) is 7.28. The van der Waals surface area contributed by atoms with Gasteiger partial charge in [-0.1, -0.05) is 56.5 Å². The third-order valence-corrected chi connectivity index (χ3v) is 7.61. The fourth-order valence-corrected chi connectivity index (χ4v) is 5.73. The number of aromatic nitrogens is 1. The van der Waals surface area contributed by atoms with Crippen LogP contribution in [0.25, 0.3) is 22.0 Å². The van der Waals surface area contributed by atoms with E-state index >= 15 is 0 Å². The van der Waals surface area contributed by atoms with Crippen molar-refractivity contribution in [3.63, 3.8) is 0 Å². The van der Waals surface area contributed by atoms with Gasteiger partial charge in [-0.25, -0.2) is 0 Å². The van der Waals surface area contributed by atoms with Crippen LogP contribution in [0.1, 0.15) is 68.8 Å². The fraction of sp³-hybridized carbons (Fsp3) is 0.355. The Morgan fingerprint density at radius 3 is 2.37 bits per heavy atom. The van der Waals surface area contributed by atoms with Crippen LogP contribution in [0.4, 0.5) is 5.69 Å². The van der Waals surface area contributed by atoms with Gasteiger partial charge in [0, 0.05) is 48.1 Å². The summed E-state index contributed by atoms with van der Waals surface area (Å²) in [5.74, 6) is 0.0822. The second kappa shape index (κ2) is 8.99. The molecule has 180 valence electrons. The molecule has 0 amide bonds. The Kier molecular flexibility index (Phi) is 6.00. The Balaban J connectivity index is 1.71. The quantitative estimate of drug-likeness (QED) is 0.293. The van der Waals surface area contributed by atoms with Crippen molar-refractivity contribution in [1.82, 2.24) is 4.57 Å². The highest BCUT2D eigenvalue weighted by atomic mass is 16.3. The summed E-state index contributed by atoms with van der Waals surface area (Å²) in [4.78, 5) is 13.8. The van der Waals surface area contributed by atoms with E-state index in [9.17, 15) is 9.90 Å². The number of rotatable bonds is 7. The zero-order chi connectivity index (χ0) is 24.9. The molecule has 4 heteroatoms. The van der Waals surface area contributed by atoms with Gasteiger partial charge in [0.15, 0.2) is 5.71 Å². The Hall–Kier alpha value is -3.40. The number of aryl methyl sites for hydroxylation is 2. The SMILES string of the molecule is CCCCn1c(C)c(C2=C(O)/C(=C3/C(C)=[N+](CCCC)c4ccc(C)cc43)C2=O)c2ccccc21. The Morgan fingerprint density at radius 2 is 1.66 bits per heavy atom. The van der Waals surface area contributed by atoms with Crippen molar-refractivity contribution < 1.29 is 14.5 Å². The monoisotopic (exact) mass is 467 g/mol. The van der Waals surface area contributed by atoms with Crippen LogP contribution in [0.5, 0.6) is 0 Å². The van der Waals surface area contributed by atoms with Crippen LogP contribution in [0, 0.1) is 13.8 Å². The summed E-state index contributed by atoms with van der Waals surface area (Å²) in [6.07, 6.45) is 4.36. The number of allylic oxidation sites excluding steroid dienone is 3. The summed E-state index contributed by atoms with van der Waals surface area (Å²) in [5.41, 5.74) is 9.25. The van der Waals surface area contributed by atoms with Crippen molar-refractivity contribution >= 4 is 39.2 Å². The summed E-state index contributed by atoms with van der Waals surface area (Å²) in [5, 5.41) is 12.5. The number of nitrogens with zero attached hydrogens (tertiary/aromatic N) is 2. The molecular weight excluding hydrogens is 432 g/mol. The highest BCUT2D eigenvalue weighted by molar-refractivity contribution is 6.47. The Labute approximate surface area is 207 Å². The first-order valence-corrected chi connectivity index (χ1v) is 12.9. The zero-order valence-electron chi connectivity index (χ0n) is 21.5. The lowest BCUT2D eigenvalue weighted by atomic mass is 9.78. The van der Waals surface area contributed by atoms with Gasteiger partial charge >= 0.3 is 0 Å². The van der Waals surface area contributed by atoms with Crippen LogP contribution < -0.4 is 0 Å². The summed E-state index contributed by atoms with van der Waals surface area (Å²) in [7, 11) is 0. The maximum Gasteiger partial charge on any atom is 0.213 e. The molecule has 0 spiro atoms. The van der Waals surface area contributed by atoms with Crippen LogP contribution >= 0.6 is 0 Å². The molecular formula is C31H35N2O2+. The van der Waals surface area contributed by atoms with Crippen LogP contribution in [0.15, 0.2) is 53.8 Å². The van der Waals surface area contributed by atoms with E-state index in [1.54, 1.807) is 0 Å². The molecule has 0 saturated carbocycles.